The quantitative estimate of drug-likeness (QED) is 0.749. The standard InChI is InChI=1S/C15H27N3O/c1-10(2)17-9-11(8-16)12-6-13(12)18-14(19)7-15(3,4)5/h8-10,12-13H,6-7,16H2,1-5H3,(H,18,19). The van der Waals surface area contributed by atoms with Crippen molar-refractivity contribution in [1.82, 2.24) is 5.32 Å². The summed E-state index contributed by atoms with van der Waals surface area (Å²) in [5.74, 6) is 0.452. The van der Waals surface area contributed by atoms with Crippen molar-refractivity contribution in [2.45, 2.75) is 59.5 Å². The van der Waals surface area contributed by atoms with E-state index in [0.29, 0.717) is 12.3 Å². The minimum absolute atomic E-state index is 0.0279. The summed E-state index contributed by atoms with van der Waals surface area (Å²) in [5, 5.41) is 3.07. The Hall–Kier alpha value is -1.32. The molecule has 2 atom stereocenters. The summed E-state index contributed by atoms with van der Waals surface area (Å²) in [6.45, 7) is 10.3. The van der Waals surface area contributed by atoms with Crippen LogP contribution in [0.15, 0.2) is 16.8 Å². The number of nitrogens with two attached hydrogens (primary N) is 1. The Morgan fingerprint density at radius 1 is 1.47 bits per heavy atom. The maximum atomic E-state index is 11.8. The van der Waals surface area contributed by atoms with Crippen LogP contribution >= 0.6 is 0 Å². The van der Waals surface area contributed by atoms with E-state index in [2.05, 4.69) is 31.1 Å². The van der Waals surface area contributed by atoms with Crippen LogP contribution < -0.4 is 11.1 Å². The molecule has 3 N–H and O–H groups in total. The van der Waals surface area contributed by atoms with Crippen molar-refractivity contribution in [3.63, 3.8) is 0 Å². The van der Waals surface area contributed by atoms with Crippen LogP contribution in [0.3, 0.4) is 0 Å². The van der Waals surface area contributed by atoms with Gasteiger partial charge in [0.15, 0.2) is 0 Å². The van der Waals surface area contributed by atoms with Crippen LogP contribution in [-0.2, 0) is 4.79 Å². The number of aliphatic imine (C=N–C) groups is 1. The van der Waals surface area contributed by atoms with E-state index in [1.807, 2.05) is 20.1 Å². The van der Waals surface area contributed by atoms with Crippen molar-refractivity contribution in [3.8, 4) is 0 Å². The molecule has 1 saturated carbocycles. The highest BCUT2D eigenvalue weighted by Gasteiger charge is 2.40. The molecule has 0 bridgehead atoms. The normalized spacial score (nSPS) is 24.0. The Labute approximate surface area is 116 Å². The number of hydrogen-bond donors (Lipinski definition) is 2. The van der Waals surface area contributed by atoms with Gasteiger partial charge in [0, 0.05) is 30.6 Å². The van der Waals surface area contributed by atoms with Gasteiger partial charge in [-0.15, -0.1) is 0 Å². The Morgan fingerprint density at radius 2 is 2.11 bits per heavy atom. The Morgan fingerprint density at radius 3 is 2.58 bits per heavy atom. The van der Waals surface area contributed by atoms with Crippen LogP contribution in [0.1, 0.15) is 47.5 Å². The van der Waals surface area contributed by atoms with Gasteiger partial charge in [0.05, 0.1) is 0 Å². The molecule has 1 rings (SSSR count). The monoisotopic (exact) mass is 265 g/mol. The van der Waals surface area contributed by atoms with Crippen molar-refractivity contribution < 1.29 is 4.79 Å². The summed E-state index contributed by atoms with van der Waals surface area (Å²) < 4.78 is 0. The predicted molar refractivity (Wildman–Crippen MR) is 80.0 cm³/mol. The van der Waals surface area contributed by atoms with E-state index in [9.17, 15) is 4.79 Å². The first-order chi connectivity index (χ1) is 8.73. The van der Waals surface area contributed by atoms with E-state index in [0.717, 1.165) is 12.0 Å². The van der Waals surface area contributed by atoms with Gasteiger partial charge in [-0.2, -0.15) is 0 Å². The lowest BCUT2D eigenvalue weighted by atomic mass is 9.92. The molecule has 0 heterocycles. The molecule has 1 amide bonds. The van der Waals surface area contributed by atoms with Crippen LogP contribution in [0.25, 0.3) is 0 Å². The lowest BCUT2D eigenvalue weighted by Crippen LogP contribution is -2.30. The molecule has 0 spiro atoms. The van der Waals surface area contributed by atoms with Crippen molar-refractivity contribution in [2.75, 3.05) is 0 Å². The highest BCUT2D eigenvalue weighted by molar-refractivity contribution is 5.82. The second-order valence-corrected chi connectivity index (χ2v) is 6.79. The largest absolute Gasteiger partial charge is 0.404 e. The van der Waals surface area contributed by atoms with E-state index in [-0.39, 0.29) is 23.4 Å². The maximum Gasteiger partial charge on any atom is 0.220 e. The average molecular weight is 265 g/mol. The van der Waals surface area contributed by atoms with Crippen molar-refractivity contribution in [3.05, 3.63) is 11.8 Å². The molecule has 0 aliphatic heterocycles. The van der Waals surface area contributed by atoms with Crippen LogP contribution in [0, 0.1) is 11.3 Å². The van der Waals surface area contributed by atoms with E-state index in [4.69, 9.17) is 5.73 Å². The van der Waals surface area contributed by atoms with Crippen LogP contribution in [0.4, 0.5) is 0 Å². The van der Waals surface area contributed by atoms with Crippen molar-refractivity contribution in [2.24, 2.45) is 22.1 Å². The lowest BCUT2D eigenvalue weighted by Gasteiger charge is -2.17. The number of rotatable bonds is 5. The van der Waals surface area contributed by atoms with E-state index < -0.39 is 0 Å². The zero-order valence-corrected chi connectivity index (χ0v) is 12.7. The van der Waals surface area contributed by atoms with Crippen LogP contribution in [0.5, 0.6) is 0 Å². The fraction of sp³-hybridized carbons (Fsp3) is 0.733. The first kappa shape index (κ1) is 15.7. The van der Waals surface area contributed by atoms with Crippen LogP contribution in [-0.4, -0.2) is 24.2 Å². The summed E-state index contributed by atoms with van der Waals surface area (Å²) in [6.07, 6.45) is 4.96. The number of hydrogen-bond acceptors (Lipinski definition) is 3. The first-order valence-electron chi connectivity index (χ1n) is 6.97. The molecule has 1 aliphatic carbocycles. The molecule has 4 heteroatoms. The zero-order chi connectivity index (χ0) is 14.6. The number of nitrogens with zero attached hydrogens (tertiary/aromatic N) is 1. The number of carbonyl (C=O) groups excluding carboxylic acids is 1. The van der Waals surface area contributed by atoms with Crippen LogP contribution in [0.2, 0.25) is 0 Å². The Balaban J connectivity index is 2.44. The highest BCUT2D eigenvalue weighted by atomic mass is 16.1. The predicted octanol–water partition coefficient (Wildman–Crippen LogP) is 2.25. The fourth-order valence-electron chi connectivity index (χ4n) is 1.96. The van der Waals surface area contributed by atoms with Gasteiger partial charge in [0.1, 0.15) is 0 Å². The second kappa shape index (κ2) is 6.22. The molecule has 108 valence electrons. The molecular formula is C15H27N3O. The smallest absolute Gasteiger partial charge is 0.220 e. The number of amides is 1. The van der Waals surface area contributed by atoms with E-state index in [1.54, 1.807) is 6.20 Å². The number of nitrogens with one attached hydrogen (secondary N) is 1. The summed E-state index contributed by atoms with van der Waals surface area (Å²) >= 11 is 0. The summed E-state index contributed by atoms with van der Waals surface area (Å²) in [6, 6.07) is 0.492. The molecule has 4 nitrogen and oxygen atoms in total. The Bertz CT molecular complexity index is 377. The molecule has 1 fully saturated rings. The summed E-state index contributed by atoms with van der Waals surface area (Å²) in [5.41, 5.74) is 6.68. The minimum atomic E-state index is 0.0279. The molecule has 0 aromatic heterocycles. The van der Waals surface area contributed by atoms with Crippen molar-refractivity contribution >= 4 is 12.1 Å². The second-order valence-electron chi connectivity index (χ2n) is 6.79. The average Bonchev–Trinajstić information content (AvgIpc) is 2.94. The van der Waals surface area contributed by atoms with Gasteiger partial charge in [-0.1, -0.05) is 20.8 Å². The maximum absolute atomic E-state index is 11.8. The molecule has 19 heavy (non-hydrogen) atoms. The summed E-state index contributed by atoms with van der Waals surface area (Å²) in [7, 11) is 0. The van der Waals surface area contributed by atoms with E-state index in [1.165, 1.54) is 0 Å². The molecule has 0 radical (unpaired) electrons. The van der Waals surface area contributed by atoms with Gasteiger partial charge in [0.2, 0.25) is 5.91 Å². The molecule has 0 saturated heterocycles. The SMILES string of the molecule is CC(C)N=CC(=CN)C1CC1NC(=O)CC(C)(C)C. The van der Waals surface area contributed by atoms with Gasteiger partial charge in [-0.25, -0.2) is 0 Å². The molecule has 0 aromatic carbocycles. The van der Waals surface area contributed by atoms with E-state index >= 15 is 0 Å². The lowest BCUT2D eigenvalue weighted by molar-refractivity contribution is -0.123. The number of carbonyl (C=O) groups is 1. The third-order valence-electron chi connectivity index (χ3n) is 2.97. The van der Waals surface area contributed by atoms with Gasteiger partial charge in [-0.05, 0) is 37.5 Å². The zero-order valence-electron chi connectivity index (χ0n) is 12.7. The highest BCUT2D eigenvalue weighted by Crippen LogP contribution is 2.36. The van der Waals surface area contributed by atoms with Crippen molar-refractivity contribution in [1.29, 1.82) is 0 Å². The third-order valence-corrected chi connectivity index (χ3v) is 2.97. The van der Waals surface area contributed by atoms with Gasteiger partial charge in [-0.3, -0.25) is 9.79 Å². The first-order valence-corrected chi connectivity index (χ1v) is 6.97. The van der Waals surface area contributed by atoms with Gasteiger partial charge >= 0.3 is 0 Å². The molecule has 1 aliphatic rings. The fourth-order valence-corrected chi connectivity index (χ4v) is 1.96. The molecular weight excluding hydrogens is 238 g/mol. The topological polar surface area (TPSA) is 67.5 Å². The molecule has 0 aromatic rings. The Kier molecular flexibility index (Phi) is 5.15. The van der Waals surface area contributed by atoms with Gasteiger partial charge < -0.3 is 11.1 Å². The third kappa shape index (κ3) is 5.90. The molecule has 2 unspecified atom stereocenters. The summed E-state index contributed by atoms with van der Waals surface area (Å²) in [4.78, 5) is 16.2. The van der Waals surface area contributed by atoms with Gasteiger partial charge in [0.25, 0.3) is 0 Å². The minimum Gasteiger partial charge on any atom is -0.404 e.